The number of carbonyl (C=O) groups is 1. The Hall–Kier alpha value is -2.45. The van der Waals surface area contributed by atoms with Crippen LogP contribution in [-0.2, 0) is 24.9 Å². The standard InChI is InChI=1S/C19H24N6OS/c1-14-9-18(23(2)21-14)20-19(26)12-25-8-5-16(22-25)17-10-15(13-27-17)11-24-6-3-4-7-24/h5,8-10,13H,3-4,6-7,11-12H2,1-2H3,(H,20,26). The number of nitrogens with zero attached hydrogens (tertiary/aromatic N) is 5. The van der Waals surface area contributed by atoms with Gasteiger partial charge in [0.2, 0.25) is 5.91 Å². The summed E-state index contributed by atoms with van der Waals surface area (Å²) in [6, 6.07) is 6.03. The average Bonchev–Trinajstić information content (AvgIpc) is 3.38. The number of anilines is 1. The van der Waals surface area contributed by atoms with Crippen LogP contribution in [0.25, 0.3) is 10.6 Å². The van der Waals surface area contributed by atoms with Crippen molar-refractivity contribution in [1.29, 1.82) is 0 Å². The Morgan fingerprint density at radius 3 is 2.81 bits per heavy atom. The van der Waals surface area contributed by atoms with Crippen molar-refractivity contribution in [3.63, 3.8) is 0 Å². The fourth-order valence-corrected chi connectivity index (χ4v) is 4.30. The van der Waals surface area contributed by atoms with Gasteiger partial charge in [-0.1, -0.05) is 0 Å². The second-order valence-electron chi connectivity index (χ2n) is 7.04. The van der Waals surface area contributed by atoms with Gasteiger partial charge in [-0.05, 0) is 55.9 Å². The summed E-state index contributed by atoms with van der Waals surface area (Å²) in [4.78, 5) is 15.9. The van der Waals surface area contributed by atoms with Gasteiger partial charge in [0.15, 0.2) is 0 Å². The molecule has 0 saturated carbocycles. The van der Waals surface area contributed by atoms with Gasteiger partial charge >= 0.3 is 0 Å². The summed E-state index contributed by atoms with van der Waals surface area (Å²) in [6.45, 7) is 5.49. The van der Waals surface area contributed by atoms with Crippen LogP contribution in [0, 0.1) is 6.92 Å². The molecule has 0 atom stereocenters. The van der Waals surface area contributed by atoms with Crippen molar-refractivity contribution in [3.8, 4) is 10.6 Å². The van der Waals surface area contributed by atoms with E-state index in [0.29, 0.717) is 5.82 Å². The molecule has 0 aliphatic carbocycles. The summed E-state index contributed by atoms with van der Waals surface area (Å²) in [6.07, 6.45) is 4.47. The van der Waals surface area contributed by atoms with Gasteiger partial charge in [0.25, 0.3) is 0 Å². The zero-order chi connectivity index (χ0) is 18.8. The Balaban J connectivity index is 1.37. The first-order valence-electron chi connectivity index (χ1n) is 9.21. The molecule has 1 aliphatic heterocycles. The van der Waals surface area contributed by atoms with Gasteiger partial charge in [-0.2, -0.15) is 10.2 Å². The fourth-order valence-electron chi connectivity index (χ4n) is 3.43. The number of hydrogen-bond acceptors (Lipinski definition) is 5. The molecule has 3 aromatic heterocycles. The van der Waals surface area contributed by atoms with Gasteiger partial charge in [-0.15, -0.1) is 11.3 Å². The maximum absolute atomic E-state index is 12.3. The van der Waals surface area contributed by atoms with Crippen molar-refractivity contribution < 1.29 is 4.79 Å². The van der Waals surface area contributed by atoms with Gasteiger partial charge in [0.05, 0.1) is 10.6 Å². The fraction of sp³-hybridized carbons (Fsp3) is 0.421. The van der Waals surface area contributed by atoms with Gasteiger partial charge < -0.3 is 5.32 Å². The molecule has 1 aliphatic rings. The molecule has 0 radical (unpaired) electrons. The lowest BCUT2D eigenvalue weighted by atomic mass is 10.2. The zero-order valence-corrected chi connectivity index (χ0v) is 16.5. The van der Waals surface area contributed by atoms with E-state index in [-0.39, 0.29) is 12.5 Å². The van der Waals surface area contributed by atoms with E-state index >= 15 is 0 Å². The van der Waals surface area contributed by atoms with Crippen LogP contribution in [0.4, 0.5) is 5.82 Å². The SMILES string of the molecule is Cc1cc(NC(=O)Cn2ccc(-c3cc(CN4CCCC4)cs3)n2)n(C)n1. The van der Waals surface area contributed by atoms with E-state index in [4.69, 9.17) is 0 Å². The van der Waals surface area contributed by atoms with Crippen molar-refractivity contribution in [2.45, 2.75) is 32.9 Å². The minimum absolute atomic E-state index is 0.117. The third-order valence-electron chi connectivity index (χ3n) is 4.73. The molecule has 4 rings (SSSR count). The molecule has 27 heavy (non-hydrogen) atoms. The Labute approximate surface area is 162 Å². The van der Waals surface area contributed by atoms with Gasteiger partial charge in [-0.3, -0.25) is 19.1 Å². The number of aromatic nitrogens is 4. The molecule has 1 amide bonds. The highest BCUT2D eigenvalue weighted by Gasteiger charge is 2.14. The van der Waals surface area contributed by atoms with E-state index in [2.05, 4.69) is 31.9 Å². The van der Waals surface area contributed by atoms with Crippen LogP contribution in [0.3, 0.4) is 0 Å². The molecule has 7 nitrogen and oxygen atoms in total. The Kier molecular flexibility index (Phi) is 5.09. The Bertz CT molecular complexity index is 934. The quantitative estimate of drug-likeness (QED) is 0.710. The predicted octanol–water partition coefficient (Wildman–Crippen LogP) is 2.89. The number of likely N-dealkylation sites (tertiary alicyclic amines) is 1. The van der Waals surface area contributed by atoms with Crippen molar-refractivity contribution in [2.75, 3.05) is 18.4 Å². The van der Waals surface area contributed by atoms with E-state index in [9.17, 15) is 4.79 Å². The van der Waals surface area contributed by atoms with Crippen LogP contribution in [0.1, 0.15) is 24.1 Å². The predicted molar refractivity (Wildman–Crippen MR) is 107 cm³/mol. The van der Waals surface area contributed by atoms with Crippen LogP contribution in [0.2, 0.25) is 0 Å². The summed E-state index contributed by atoms with van der Waals surface area (Å²) in [5.74, 6) is 0.572. The number of thiophene rings is 1. The largest absolute Gasteiger partial charge is 0.309 e. The van der Waals surface area contributed by atoms with Gasteiger partial charge in [-0.25, -0.2) is 0 Å². The van der Waals surface area contributed by atoms with Gasteiger partial charge in [0, 0.05) is 25.9 Å². The first kappa shape index (κ1) is 17.9. The Morgan fingerprint density at radius 2 is 2.07 bits per heavy atom. The van der Waals surface area contributed by atoms with Crippen LogP contribution < -0.4 is 5.32 Å². The molecular weight excluding hydrogens is 360 g/mol. The first-order valence-corrected chi connectivity index (χ1v) is 10.1. The maximum atomic E-state index is 12.3. The maximum Gasteiger partial charge on any atom is 0.247 e. The zero-order valence-electron chi connectivity index (χ0n) is 15.7. The molecule has 1 fully saturated rings. The molecule has 0 unspecified atom stereocenters. The number of nitrogens with one attached hydrogen (secondary N) is 1. The number of aryl methyl sites for hydroxylation is 2. The van der Waals surface area contributed by atoms with E-state index < -0.39 is 0 Å². The molecule has 142 valence electrons. The van der Waals surface area contributed by atoms with E-state index in [1.54, 1.807) is 20.7 Å². The third-order valence-corrected chi connectivity index (χ3v) is 5.73. The second-order valence-corrected chi connectivity index (χ2v) is 7.95. The lowest BCUT2D eigenvalue weighted by molar-refractivity contribution is -0.116. The minimum atomic E-state index is -0.117. The van der Waals surface area contributed by atoms with E-state index in [1.165, 1.54) is 31.5 Å². The number of amides is 1. The summed E-state index contributed by atoms with van der Waals surface area (Å²) in [7, 11) is 1.81. The van der Waals surface area contributed by atoms with Crippen LogP contribution in [-0.4, -0.2) is 43.5 Å². The van der Waals surface area contributed by atoms with Crippen molar-refractivity contribution in [2.24, 2.45) is 7.05 Å². The Morgan fingerprint density at radius 1 is 1.26 bits per heavy atom. The molecule has 8 heteroatoms. The molecule has 1 saturated heterocycles. The average molecular weight is 385 g/mol. The molecule has 0 spiro atoms. The molecule has 3 aromatic rings. The molecular formula is C19H24N6OS. The highest BCUT2D eigenvalue weighted by molar-refractivity contribution is 7.13. The van der Waals surface area contributed by atoms with Gasteiger partial charge in [0.1, 0.15) is 18.1 Å². The second kappa shape index (κ2) is 7.66. The molecule has 4 heterocycles. The summed E-state index contributed by atoms with van der Waals surface area (Å²) < 4.78 is 3.34. The third kappa shape index (κ3) is 4.28. The first-order chi connectivity index (χ1) is 13.1. The lowest BCUT2D eigenvalue weighted by Crippen LogP contribution is -2.20. The topological polar surface area (TPSA) is 68.0 Å². The molecule has 0 bridgehead atoms. The summed E-state index contributed by atoms with van der Waals surface area (Å²) in [5, 5.41) is 13.9. The lowest BCUT2D eigenvalue weighted by Gasteiger charge is -2.12. The van der Waals surface area contributed by atoms with Crippen LogP contribution in [0.5, 0.6) is 0 Å². The monoisotopic (exact) mass is 384 g/mol. The van der Waals surface area contributed by atoms with Crippen molar-refractivity contribution in [1.82, 2.24) is 24.5 Å². The van der Waals surface area contributed by atoms with E-state index in [1.807, 2.05) is 32.3 Å². The number of hydrogen-bond donors (Lipinski definition) is 1. The van der Waals surface area contributed by atoms with E-state index in [0.717, 1.165) is 22.8 Å². The normalized spacial score (nSPS) is 14.7. The number of rotatable bonds is 6. The van der Waals surface area contributed by atoms with Crippen molar-refractivity contribution in [3.05, 3.63) is 41.0 Å². The van der Waals surface area contributed by atoms with Crippen LogP contribution in [0.15, 0.2) is 29.8 Å². The molecule has 1 N–H and O–H groups in total. The molecule has 0 aromatic carbocycles. The highest BCUT2D eigenvalue weighted by Crippen LogP contribution is 2.27. The summed E-state index contributed by atoms with van der Waals surface area (Å²) in [5.41, 5.74) is 3.13. The minimum Gasteiger partial charge on any atom is -0.309 e. The van der Waals surface area contributed by atoms with Crippen molar-refractivity contribution >= 4 is 23.1 Å². The van der Waals surface area contributed by atoms with Crippen LogP contribution >= 0.6 is 11.3 Å². The highest BCUT2D eigenvalue weighted by atomic mass is 32.1. The summed E-state index contributed by atoms with van der Waals surface area (Å²) >= 11 is 1.71. The smallest absolute Gasteiger partial charge is 0.247 e. The number of carbonyl (C=O) groups excluding carboxylic acids is 1.